The average molecular weight is 369 g/mol. The summed E-state index contributed by atoms with van der Waals surface area (Å²) in [6.07, 6.45) is 7.84. The summed E-state index contributed by atoms with van der Waals surface area (Å²) in [6.45, 7) is 6.27. The zero-order valence-electron chi connectivity index (χ0n) is 15.2. The van der Waals surface area contributed by atoms with Crippen molar-refractivity contribution in [2.75, 3.05) is 25.0 Å². The number of aromatic nitrogens is 2. The first-order valence-corrected chi connectivity index (χ1v) is 9.53. The summed E-state index contributed by atoms with van der Waals surface area (Å²) < 4.78 is 0. The molecule has 0 aliphatic carbocycles. The Morgan fingerprint density at radius 3 is 2.85 bits per heavy atom. The number of halogens is 1. The van der Waals surface area contributed by atoms with Gasteiger partial charge in [0.1, 0.15) is 0 Å². The van der Waals surface area contributed by atoms with Gasteiger partial charge in [-0.15, -0.1) is 0 Å². The molecule has 1 aromatic carbocycles. The molecule has 0 aliphatic rings. The Morgan fingerprint density at radius 1 is 1.12 bits per heavy atom. The Balaban J connectivity index is 1.54. The minimum Gasteiger partial charge on any atom is -0.384 e. The largest absolute Gasteiger partial charge is 0.384 e. The van der Waals surface area contributed by atoms with E-state index in [1.54, 1.807) is 0 Å². The van der Waals surface area contributed by atoms with E-state index in [9.17, 15) is 0 Å². The van der Waals surface area contributed by atoms with E-state index in [1.165, 1.54) is 5.56 Å². The van der Waals surface area contributed by atoms with Crippen molar-refractivity contribution in [3.8, 4) is 0 Å². The van der Waals surface area contributed by atoms with Crippen LogP contribution in [0.25, 0.3) is 10.9 Å². The number of rotatable bonds is 9. The molecule has 1 N–H and O–H groups in total. The molecular formula is C21H25ClN4. The molecule has 3 aromatic rings. The number of hydrogen-bond acceptors (Lipinski definition) is 4. The van der Waals surface area contributed by atoms with Crippen molar-refractivity contribution in [3.63, 3.8) is 0 Å². The first kappa shape index (κ1) is 18.6. The predicted molar refractivity (Wildman–Crippen MR) is 110 cm³/mol. The first-order chi connectivity index (χ1) is 12.8. The second kappa shape index (κ2) is 9.51. The molecule has 0 fully saturated rings. The van der Waals surface area contributed by atoms with Crippen LogP contribution >= 0.6 is 11.6 Å². The van der Waals surface area contributed by atoms with Gasteiger partial charge in [-0.25, -0.2) is 0 Å². The average Bonchev–Trinajstić information content (AvgIpc) is 2.66. The van der Waals surface area contributed by atoms with Crippen molar-refractivity contribution in [3.05, 3.63) is 65.6 Å². The molecular weight excluding hydrogens is 344 g/mol. The van der Waals surface area contributed by atoms with Gasteiger partial charge < -0.3 is 5.32 Å². The van der Waals surface area contributed by atoms with Crippen molar-refractivity contribution in [1.29, 1.82) is 0 Å². The fraction of sp³-hybridized carbons (Fsp3) is 0.333. The molecule has 4 nitrogen and oxygen atoms in total. The number of benzene rings is 1. The molecule has 136 valence electrons. The van der Waals surface area contributed by atoms with Gasteiger partial charge in [-0.3, -0.25) is 14.9 Å². The fourth-order valence-corrected chi connectivity index (χ4v) is 3.30. The molecule has 0 spiro atoms. The number of pyridine rings is 2. The zero-order valence-corrected chi connectivity index (χ0v) is 15.9. The van der Waals surface area contributed by atoms with Gasteiger partial charge in [0.15, 0.2) is 0 Å². The van der Waals surface area contributed by atoms with Crippen molar-refractivity contribution in [2.45, 2.75) is 26.3 Å². The van der Waals surface area contributed by atoms with Crippen LogP contribution in [-0.4, -0.2) is 34.5 Å². The monoisotopic (exact) mass is 368 g/mol. The van der Waals surface area contributed by atoms with Gasteiger partial charge in [-0.1, -0.05) is 24.6 Å². The Labute approximate surface area is 160 Å². The minimum absolute atomic E-state index is 0.716. The van der Waals surface area contributed by atoms with Crippen LogP contribution in [0.3, 0.4) is 0 Å². The predicted octanol–water partition coefficient (Wildman–Crippen LogP) is 5.00. The van der Waals surface area contributed by atoms with Crippen molar-refractivity contribution in [1.82, 2.24) is 14.9 Å². The highest BCUT2D eigenvalue weighted by Gasteiger charge is 2.06. The lowest BCUT2D eigenvalue weighted by atomic mass is 10.2. The van der Waals surface area contributed by atoms with Gasteiger partial charge >= 0.3 is 0 Å². The summed E-state index contributed by atoms with van der Waals surface area (Å²) in [5, 5.41) is 5.37. The molecule has 0 aliphatic heterocycles. The third-order valence-corrected chi connectivity index (χ3v) is 4.58. The summed E-state index contributed by atoms with van der Waals surface area (Å²) in [7, 11) is 0. The third-order valence-electron chi connectivity index (χ3n) is 4.34. The van der Waals surface area contributed by atoms with Gasteiger partial charge in [0.05, 0.1) is 5.52 Å². The Morgan fingerprint density at radius 2 is 2.04 bits per heavy atom. The van der Waals surface area contributed by atoms with Crippen LogP contribution in [0.1, 0.15) is 25.3 Å². The van der Waals surface area contributed by atoms with E-state index < -0.39 is 0 Å². The lowest BCUT2D eigenvalue weighted by molar-refractivity contribution is 0.265. The summed E-state index contributed by atoms with van der Waals surface area (Å²) in [4.78, 5) is 11.1. The molecule has 2 aromatic heterocycles. The fourth-order valence-electron chi connectivity index (χ4n) is 3.14. The van der Waals surface area contributed by atoms with E-state index >= 15 is 0 Å². The highest BCUT2D eigenvalue weighted by Crippen LogP contribution is 2.24. The van der Waals surface area contributed by atoms with E-state index in [1.807, 2.05) is 48.9 Å². The number of hydrogen-bond donors (Lipinski definition) is 1. The van der Waals surface area contributed by atoms with Crippen molar-refractivity contribution < 1.29 is 0 Å². The second-order valence-corrected chi connectivity index (χ2v) is 6.87. The molecule has 2 heterocycles. The number of fused-ring (bicyclic) bond motifs is 1. The van der Waals surface area contributed by atoms with Crippen LogP contribution in [0.5, 0.6) is 0 Å². The second-order valence-electron chi connectivity index (χ2n) is 6.44. The Hall–Kier alpha value is -2.17. The van der Waals surface area contributed by atoms with Crippen LogP contribution < -0.4 is 5.32 Å². The molecule has 0 bridgehead atoms. The topological polar surface area (TPSA) is 41.0 Å². The van der Waals surface area contributed by atoms with Gasteiger partial charge in [-0.05, 0) is 55.3 Å². The van der Waals surface area contributed by atoms with E-state index in [-0.39, 0.29) is 0 Å². The van der Waals surface area contributed by atoms with Crippen LogP contribution in [0.4, 0.5) is 5.69 Å². The van der Waals surface area contributed by atoms with Crippen LogP contribution in [-0.2, 0) is 6.54 Å². The van der Waals surface area contributed by atoms with Gasteiger partial charge in [-0.2, -0.15) is 0 Å². The maximum absolute atomic E-state index is 6.06. The van der Waals surface area contributed by atoms with E-state index in [0.29, 0.717) is 5.02 Å². The Kier molecular flexibility index (Phi) is 6.81. The van der Waals surface area contributed by atoms with Crippen LogP contribution in [0, 0.1) is 0 Å². The third kappa shape index (κ3) is 5.16. The van der Waals surface area contributed by atoms with Crippen LogP contribution in [0.15, 0.2) is 55.0 Å². The maximum Gasteiger partial charge on any atom is 0.0737 e. The minimum atomic E-state index is 0.716. The molecule has 3 rings (SSSR count). The SMILES string of the molecule is CCCN(CCCNc1ccnc2cc(Cl)ccc12)Cc1cccnc1. The summed E-state index contributed by atoms with van der Waals surface area (Å²) in [5.74, 6) is 0. The number of nitrogens with zero attached hydrogens (tertiary/aromatic N) is 3. The molecule has 0 saturated carbocycles. The molecule has 0 atom stereocenters. The standard InChI is InChI=1S/C21H25ClN4/c1-2-12-26(16-17-5-3-9-23-15-17)13-4-10-24-20-8-11-25-21-14-18(22)6-7-19(20)21/h3,5-9,11,14-15H,2,4,10,12-13,16H2,1H3,(H,24,25). The van der Waals surface area contributed by atoms with Crippen molar-refractivity contribution in [2.24, 2.45) is 0 Å². The number of nitrogens with one attached hydrogen (secondary N) is 1. The summed E-state index contributed by atoms with van der Waals surface area (Å²) in [6, 6.07) is 12.0. The van der Waals surface area contributed by atoms with E-state index in [4.69, 9.17) is 11.6 Å². The highest BCUT2D eigenvalue weighted by molar-refractivity contribution is 6.31. The van der Waals surface area contributed by atoms with Gasteiger partial charge in [0.2, 0.25) is 0 Å². The first-order valence-electron chi connectivity index (χ1n) is 9.15. The molecule has 0 saturated heterocycles. The lowest BCUT2D eigenvalue weighted by Gasteiger charge is -2.22. The summed E-state index contributed by atoms with van der Waals surface area (Å²) in [5.41, 5.74) is 3.30. The highest BCUT2D eigenvalue weighted by atomic mass is 35.5. The quantitative estimate of drug-likeness (QED) is 0.540. The molecule has 5 heteroatoms. The smallest absolute Gasteiger partial charge is 0.0737 e. The van der Waals surface area contributed by atoms with E-state index in [2.05, 4.69) is 33.2 Å². The molecule has 0 unspecified atom stereocenters. The molecule has 0 radical (unpaired) electrons. The van der Waals surface area contributed by atoms with Gasteiger partial charge in [0.25, 0.3) is 0 Å². The zero-order chi connectivity index (χ0) is 18.2. The Bertz CT molecular complexity index is 823. The summed E-state index contributed by atoms with van der Waals surface area (Å²) >= 11 is 6.06. The lowest BCUT2D eigenvalue weighted by Crippen LogP contribution is -2.26. The molecule has 26 heavy (non-hydrogen) atoms. The van der Waals surface area contributed by atoms with Crippen molar-refractivity contribution >= 4 is 28.2 Å². The molecule has 0 amide bonds. The van der Waals surface area contributed by atoms with E-state index in [0.717, 1.165) is 55.6 Å². The normalized spacial score (nSPS) is 11.2. The maximum atomic E-state index is 6.06. The number of anilines is 1. The van der Waals surface area contributed by atoms with Gasteiger partial charge in [0, 0.05) is 54.3 Å². The van der Waals surface area contributed by atoms with Crippen LogP contribution in [0.2, 0.25) is 5.02 Å².